The SMILES string of the molecule is [2H]c1c([2H])c([2H])c(-c2cccc(-c3cc(C(C)(C)C)cc(C(C)(C)C)c3)c2-[n+]2[c-]n(-c3cccc(Oc4ccc5c6c([2H])c([2H])c([2H])c([2H])c6n(-c6cc(C([2H])([2H])C(C)(C)c7ccccc7)ccn6)c5c4)c3)c3ccccc32)c([2H])c1[2H]. The Hall–Kier alpha value is -8.02. The second kappa shape index (κ2) is 17.7. The fourth-order valence-electron chi connectivity index (χ4n) is 9.40. The van der Waals surface area contributed by atoms with Gasteiger partial charge >= 0.3 is 0 Å². The fraction of sp³-hybridized carbons (Fsp3) is 0.182. The zero-order chi connectivity index (χ0) is 58.7. The second-order valence-electron chi connectivity index (χ2n) is 20.6. The predicted octanol–water partition coefficient (Wildman–Crippen LogP) is 16.4. The summed E-state index contributed by atoms with van der Waals surface area (Å²) in [7, 11) is 0. The molecular formula is C66H60N4O. The van der Waals surface area contributed by atoms with Crippen molar-refractivity contribution in [1.29, 1.82) is 0 Å². The molecule has 11 rings (SSSR count). The standard InChI is InChI=1S/C66H60N4O/c1-64(2,3)49-38-47(39-50(40-49)65(4,5)6)55-29-20-28-54(46-21-11-9-12-22-46)63(55)69-44-68(59-31-17-18-32-60(59)69)51-25-19-26-52(41-51)71-53-33-34-57-56-27-15-16-30-58(56)70(61(57)42-53)62-37-45(35-36-67-62)43-66(7,8)48-23-13-10-14-24-48/h9-42H,43H2,1-8H3/i9D,11D,12D,15D,16D,21D,22D,27D,30D,43D2. The van der Waals surface area contributed by atoms with Crippen molar-refractivity contribution in [2.24, 2.45) is 0 Å². The Kier molecular flexibility index (Phi) is 8.57. The highest BCUT2D eigenvalue weighted by Gasteiger charge is 2.26. The molecule has 3 heterocycles. The van der Waals surface area contributed by atoms with Crippen LogP contribution in [-0.4, -0.2) is 14.1 Å². The summed E-state index contributed by atoms with van der Waals surface area (Å²) < 4.78 is 111. The lowest BCUT2D eigenvalue weighted by Crippen LogP contribution is -2.31. The van der Waals surface area contributed by atoms with Crippen molar-refractivity contribution in [1.82, 2.24) is 14.1 Å². The molecule has 0 aliphatic carbocycles. The van der Waals surface area contributed by atoms with Crippen molar-refractivity contribution in [2.45, 2.75) is 78.0 Å². The first kappa shape index (κ1) is 34.3. The van der Waals surface area contributed by atoms with E-state index in [-0.39, 0.29) is 63.3 Å². The maximum Gasteiger partial charge on any atom is 0.269 e. The lowest BCUT2D eigenvalue weighted by atomic mass is 9.78. The molecule has 0 amide bonds. The molecule has 11 aromatic rings. The van der Waals surface area contributed by atoms with E-state index < -0.39 is 36.0 Å². The highest BCUT2D eigenvalue weighted by Crippen LogP contribution is 2.40. The maximum absolute atomic E-state index is 9.55. The molecule has 0 bridgehead atoms. The van der Waals surface area contributed by atoms with E-state index in [2.05, 4.69) is 66.1 Å². The molecule has 0 aliphatic heterocycles. The summed E-state index contributed by atoms with van der Waals surface area (Å²) in [5, 5.41) is 0.800. The minimum atomic E-state index is -1.92. The minimum Gasteiger partial charge on any atom is -0.458 e. The van der Waals surface area contributed by atoms with Gasteiger partial charge in [0.2, 0.25) is 0 Å². The highest BCUT2D eigenvalue weighted by atomic mass is 16.5. The topological polar surface area (TPSA) is 35.9 Å². The van der Waals surface area contributed by atoms with Crippen molar-refractivity contribution in [3.63, 3.8) is 0 Å². The van der Waals surface area contributed by atoms with Crippen LogP contribution in [-0.2, 0) is 22.6 Å². The van der Waals surface area contributed by atoms with Gasteiger partial charge in [0.05, 0.1) is 45.8 Å². The Morgan fingerprint density at radius 2 is 1.24 bits per heavy atom. The summed E-state index contributed by atoms with van der Waals surface area (Å²) in [5.74, 6) is 1.07. The number of pyridine rings is 1. The quantitative estimate of drug-likeness (QED) is 0.101. The van der Waals surface area contributed by atoms with Crippen LogP contribution in [0.2, 0.25) is 0 Å². The summed E-state index contributed by atoms with van der Waals surface area (Å²) in [6.07, 6.45) is 3.24. The summed E-state index contributed by atoms with van der Waals surface area (Å²) in [5.41, 5.74) is 7.39. The second-order valence-corrected chi connectivity index (χ2v) is 20.6. The molecule has 8 aromatic carbocycles. The molecule has 0 saturated carbocycles. The summed E-state index contributed by atoms with van der Waals surface area (Å²) >= 11 is 0. The molecule has 0 fully saturated rings. The summed E-state index contributed by atoms with van der Waals surface area (Å²) in [6.45, 7) is 16.8. The number of ether oxygens (including phenoxy) is 1. The zero-order valence-electron chi connectivity index (χ0n) is 52.1. The van der Waals surface area contributed by atoms with Crippen LogP contribution in [0.3, 0.4) is 0 Å². The van der Waals surface area contributed by atoms with Crippen LogP contribution < -0.4 is 9.30 Å². The van der Waals surface area contributed by atoms with Crippen molar-refractivity contribution < 1.29 is 24.4 Å². The van der Waals surface area contributed by atoms with Gasteiger partial charge in [0, 0.05) is 25.8 Å². The third kappa shape index (κ3) is 8.71. The largest absolute Gasteiger partial charge is 0.458 e. The lowest BCUT2D eigenvalue weighted by molar-refractivity contribution is -0.571. The first-order valence-corrected chi connectivity index (χ1v) is 23.9. The van der Waals surface area contributed by atoms with Crippen LogP contribution in [0.1, 0.15) is 92.7 Å². The van der Waals surface area contributed by atoms with Crippen LogP contribution in [0.15, 0.2) is 206 Å². The molecule has 350 valence electrons. The fourth-order valence-corrected chi connectivity index (χ4v) is 9.40. The number of para-hydroxylation sites is 4. The molecule has 0 radical (unpaired) electrons. The zero-order valence-corrected chi connectivity index (χ0v) is 41.1. The Balaban J connectivity index is 1.07. The molecule has 0 N–H and O–H groups in total. The number of rotatable bonds is 10. The molecule has 0 aliphatic rings. The molecule has 3 aromatic heterocycles. The maximum atomic E-state index is 9.55. The van der Waals surface area contributed by atoms with Gasteiger partial charge in [-0.1, -0.05) is 201 Å². The molecule has 0 unspecified atom stereocenters. The lowest BCUT2D eigenvalue weighted by Gasteiger charge is -2.27. The van der Waals surface area contributed by atoms with Crippen molar-refractivity contribution in [3.05, 3.63) is 235 Å². The van der Waals surface area contributed by atoms with Crippen molar-refractivity contribution in [2.75, 3.05) is 0 Å². The highest BCUT2D eigenvalue weighted by molar-refractivity contribution is 6.09. The van der Waals surface area contributed by atoms with Gasteiger partial charge in [0.25, 0.3) is 6.33 Å². The number of hydrogen-bond acceptors (Lipinski definition) is 2. The average Bonchev–Trinajstić information content (AvgIpc) is 2.23. The van der Waals surface area contributed by atoms with Crippen LogP contribution in [0.5, 0.6) is 11.5 Å². The molecule has 0 saturated heterocycles. The first-order chi connectivity index (χ1) is 38.7. The van der Waals surface area contributed by atoms with Gasteiger partial charge in [0.1, 0.15) is 17.3 Å². The Labute approximate surface area is 433 Å². The average molecular weight is 936 g/mol. The van der Waals surface area contributed by atoms with E-state index in [1.54, 1.807) is 41.0 Å². The van der Waals surface area contributed by atoms with E-state index in [9.17, 15) is 6.85 Å². The van der Waals surface area contributed by atoms with Gasteiger partial charge in [-0.3, -0.25) is 13.7 Å². The third-order valence-electron chi connectivity index (χ3n) is 13.2. The van der Waals surface area contributed by atoms with Crippen LogP contribution in [0, 0.1) is 6.33 Å². The smallest absolute Gasteiger partial charge is 0.269 e. The normalized spacial score (nSPS) is 14.7. The number of imidazole rings is 1. The van der Waals surface area contributed by atoms with E-state index >= 15 is 0 Å². The predicted molar refractivity (Wildman–Crippen MR) is 294 cm³/mol. The van der Waals surface area contributed by atoms with E-state index in [4.69, 9.17) is 17.9 Å². The van der Waals surface area contributed by atoms with Crippen molar-refractivity contribution >= 4 is 32.8 Å². The van der Waals surface area contributed by atoms with Crippen LogP contribution in [0.4, 0.5) is 0 Å². The van der Waals surface area contributed by atoms with Gasteiger partial charge in [0.15, 0.2) is 0 Å². The Bertz CT molecular complexity index is 4340. The van der Waals surface area contributed by atoms with Gasteiger partial charge < -0.3 is 4.74 Å². The number of benzene rings is 8. The van der Waals surface area contributed by atoms with E-state index in [0.717, 1.165) is 38.9 Å². The third-order valence-corrected chi connectivity index (χ3v) is 13.2. The Morgan fingerprint density at radius 1 is 0.563 bits per heavy atom. The first-order valence-electron chi connectivity index (χ1n) is 29.4. The molecule has 0 atom stereocenters. The summed E-state index contributed by atoms with van der Waals surface area (Å²) in [4.78, 5) is 4.72. The number of fused-ring (bicyclic) bond motifs is 4. The summed E-state index contributed by atoms with van der Waals surface area (Å²) in [6, 6.07) is 42.2. The van der Waals surface area contributed by atoms with Crippen LogP contribution in [0.25, 0.3) is 72.3 Å². The van der Waals surface area contributed by atoms with Crippen molar-refractivity contribution in [3.8, 4) is 50.9 Å². The van der Waals surface area contributed by atoms with Gasteiger partial charge in [-0.15, -0.1) is 0 Å². The molecular weight excluding hydrogens is 865 g/mol. The van der Waals surface area contributed by atoms with E-state index in [1.165, 1.54) is 6.20 Å². The van der Waals surface area contributed by atoms with E-state index in [0.29, 0.717) is 44.9 Å². The number of hydrogen-bond donors (Lipinski definition) is 0. The van der Waals surface area contributed by atoms with Gasteiger partial charge in [-0.2, -0.15) is 0 Å². The van der Waals surface area contributed by atoms with Gasteiger partial charge in [-0.25, -0.2) is 4.98 Å². The molecule has 71 heavy (non-hydrogen) atoms. The van der Waals surface area contributed by atoms with Crippen LogP contribution >= 0.6 is 0 Å². The minimum absolute atomic E-state index is 0.0598. The molecule has 5 heteroatoms. The molecule has 5 nitrogen and oxygen atoms in total. The van der Waals surface area contributed by atoms with Gasteiger partial charge in [-0.05, 0) is 116 Å². The van der Waals surface area contributed by atoms with E-state index in [1.807, 2.05) is 114 Å². The number of nitrogens with zero attached hydrogens (tertiary/aromatic N) is 4. The monoisotopic (exact) mass is 936 g/mol. The molecule has 0 spiro atoms. The Morgan fingerprint density at radius 3 is 2.00 bits per heavy atom. The number of aromatic nitrogens is 4.